The molecule has 0 aromatic heterocycles. The van der Waals surface area contributed by atoms with Gasteiger partial charge in [0.05, 0.1) is 27.7 Å². The quantitative estimate of drug-likeness (QED) is 0.0211. The first kappa shape index (κ1) is 77.2. The van der Waals surface area contributed by atoms with Crippen LogP contribution in [0.15, 0.2) is 85.1 Å². The molecule has 0 amide bonds. The molecule has 0 saturated carbocycles. The molecule has 0 aromatic rings. The van der Waals surface area contributed by atoms with E-state index in [1.165, 1.54) is 167 Å². The summed E-state index contributed by atoms with van der Waals surface area (Å²) >= 11 is 0. The van der Waals surface area contributed by atoms with Gasteiger partial charge >= 0.3 is 19.8 Å². The van der Waals surface area contributed by atoms with Crippen molar-refractivity contribution in [3.05, 3.63) is 85.1 Å². The molecule has 0 aliphatic rings. The van der Waals surface area contributed by atoms with E-state index in [2.05, 4.69) is 98.9 Å². The van der Waals surface area contributed by atoms with E-state index in [-0.39, 0.29) is 32.0 Å². The minimum Gasteiger partial charge on any atom is -0.462 e. The van der Waals surface area contributed by atoms with E-state index in [4.69, 9.17) is 18.5 Å². The molecule has 464 valence electrons. The lowest BCUT2D eigenvalue weighted by atomic mass is 10.0. The van der Waals surface area contributed by atoms with Crippen LogP contribution in [0.5, 0.6) is 0 Å². The third-order valence-electron chi connectivity index (χ3n) is 14.4. The Kier molecular flexibility index (Phi) is 58.6. The molecule has 0 aromatic carbocycles. The van der Waals surface area contributed by atoms with Crippen molar-refractivity contribution >= 4 is 19.8 Å². The normalized spacial score (nSPS) is 13.7. The van der Waals surface area contributed by atoms with Gasteiger partial charge in [-0.1, -0.05) is 279 Å². The molecular weight excluding hydrogens is 1010 g/mol. The molecule has 0 aliphatic carbocycles. The van der Waals surface area contributed by atoms with E-state index in [0.717, 1.165) is 96.3 Å². The van der Waals surface area contributed by atoms with Crippen LogP contribution in [0.25, 0.3) is 0 Å². The molecule has 0 heterocycles. The molecule has 0 radical (unpaired) electrons. The molecule has 0 spiro atoms. The lowest BCUT2D eigenvalue weighted by Crippen LogP contribution is -2.37. The second-order valence-corrected chi connectivity index (χ2v) is 24.9. The van der Waals surface area contributed by atoms with E-state index in [1.54, 1.807) is 0 Å². The van der Waals surface area contributed by atoms with Crippen LogP contribution in [-0.2, 0) is 32.7 Å². The number of phosphoric ester groups is 1. The van der Waals surface area contributed by atoms with Gasteiger partial charge in [0.15, 0.2) is 6.10 Å². The van der Waals surface area contributed by atoms with E-state index in [9.17, 15) is 19.0 Å². The zero-order valence-electron chi connectivity index (χ0n) is 52.8. The zero-order chi connectivity index (χ0) is 58.4. The third kappa shape index (κ3) is 64.4. The molecule has 0 bridgehead atoms. The average Bonchev–Trinajstić information content (AvgIpc) is 3.42. The van der Waals surface area contributed by atoms with Crippen LogP contribution < -0.4 is 0 Å². The summed E-state index contributed by atoms with van der Waals surface area (Å²) in [6.07, 6.45) is 82.5. The Bertz CT molecular complexity index is 1630. The van der Waals surface area contributed by atoms with Gasteiger partial charge in [-0.2, -0.15) is 0 Å². The number of ether oxygens (including phenoxy) is 2. The Hall–Kier alpha value is -2.81. The van der Waals surface area contributed by atoms with Gasteiger partial charge in [0, 0.05) is 12.8 Å². The van der Waals surface area contributed by atoms with Crippen molar-refractivity contribution in [2.75, 3.05) is 47.5 Å². The molecule has 0 aliphatic heterocycles. The lowest BCUT2D eigenvalue weighted by Gasteiger charge is -2.24. The maximum atomic E-state index is 12.8. The van der Waals surface area contributed by atoms with Crippen molar-refractivity contribution in [1.82, 2.24) is 0 Å². The molecule has 2 unspecified atom stereocenters. The van der Waals surface area contributed by atoms with E-state index >= 15 is 0 Å². The summed E-state index contributed by atoms with van der Waals surface area (Å²) in [5, 5.41) is 0. The number of hydrogen-bond acceptors (Lipinski definition) is 7. The number of carbonyl (C=O) groups is 2. The molecule has 9 nitrogen and oxygen atoms in total. The molecule has 0 saturated heterocycles. The molecule has 0 fully saturated rings. The van der Waals surface area contributed by atoms with E-state index in [1.807, 2.05) is 21.1 Å². The van der Waals surface area contributed by atoms with Gasteiger partial charge in [0.2, 0.25) is 0 Å². The Balaban J connectivity index is 4.08. The molecule has 80 heavy (non-hydrogen) atoms. The van der Waals surface area contributed by atoms with Crippen LogP contribution >= 0.6 is 7.82 Å². The summed E-state index contributed by atoms with van der Waals surface area (Å²) in [6.45, 7) is 4.33. The molecule has 2 atom stereocenters. The molecule has 0 rings (SSSR count). The highest BCUT2D eigenvalue weighted by Gasteiger charge is 2.27. The number of allylic oxidation sites excluding steroid dienone is 14. The smallest absolute Gasteiger partial charge is 0.462 e. The topological polar surface area (TPSA) is 108 Å². The van der Waals surface area contributed by atoms with E-state index < -0.39 is 26.5 Å². The SMILES string of the molecule is CC/C=C\C/C=C\C/C=C\C/C=C\C/C=C\C/C=C\CCCCCCCCC(=O)OC(COC(=O)CCCCCCCCCCCCCCCCCCCCC/C=C\CCCCCCCCCC)COP(=O)(O)OCC[N+](C)(C)C. The summed E-state index contributed by atoms with van der Waals surface area (Å²) in [5.74, 6) is -0.808. The highest BCUT2D eigenvalue weighted by Crippen LogP contribution is 2.43. The number of nitrogens with zero attached hydrogens (tertiary/aromatic N) is 1. The van der Waals surface area contributed by atoms with Crippen molar-refractivity contribution in [2.45, 2.75) is 302 Å². The van der Waals surface area contributed by atoms with Crippen LogP contribution in [0.4, 0.5) is 0 Å². The molecule has 10 heteroatoms. The Morgan fingerprint density at radius 3 is 1.07 bits per heavy atom. The number of esters is 2. The van der Waals surface area contributed by atoms with Crippen molar-refractivity contribution in [2.24, 2.45) is 0 Å². The monoisotopic (exact) mass is 1140 g/mol. The van der Waals surface area contributed by atoms with Crippen LogP contribution in [0.2, 0.25) is 0 Å². The fourth-order valence-electron chi connectivity index (χ4n) is 9.31. The van der Waals surface area contributed by atoms with Crippen molar-refractivity contribution < 1.29 is 42.1 Å². The fraction of sp³-hybridized carbons (Fsp3) is 0.771. The molecule has 1 N–H and O–H groups in total. The second-order valence-electron chi connectivity index (χ2n) is 23.5. The van der Waals surface area contributed by atoms with Gasteiger partial charge in [-0.15, -0.1) is 0 Å². The standard InChI is InChI=1S/C70H126NO8P/c1-6-8-10-12-14-16-18-20-22-24-26-28-30-32-33-34-35-36-37-39-40-42-44-46-48-50-52-54-56-58-60-62-69(72)76-66-68(67-78-80(74,75)77-65-64-71(3,4)5)79-70(73)63-61-59-57-55-53-51-49-47-45-43-41-38-31-29-27-25-23-21-19-17-15-13-11-9-7-2/h9,11,15,17,21,23-24,26-27,29,38,41,45,47,68H,6-8,10,12-14,16,18-20,22,25,28,30-37,39-40,42-44,46,48-67H2,1-5H3/p+1/b11-9-,17-15-,23-21-,26-24-,29-27-,41-38-,47-45-. The zero-order valence-corrected chi connectivity index (χ0v) is 53.7. The van der Waals surface area contributed by atoms with Gasteiger partial charge in [-0.3, -0.25) is 18.6 Å². The van der Waals surface area contributed by atoms with Gasteiger partial charge in [0.25, 0.3) is 0 Å². The van der Waals surface area contributed by atoms with Crippen molar-refractivity contribution in [1.29, 1.82) is 0 Å². The van der Waals surface area contributed by atoms with E-state index in [0.29, 0.717) is 17.4 Å². The minimum atomic E-state index is -4.40. The maximum Gasteiger partial charge on any atom is 0.472 e. The lowest BCUT2D eigenvalue weighted by molar-refractivity contribution is -0.870. The summed E-state index contributed by atoms with van der Waals surface area (Å²) < 4.78 is 34.7. The third-order valence-corrected chi connectivity index (χ3v) is 15.4. The predicted molar refractivity (Wildman–Crippen MR) is 344 cm³/mol. The van der Waals surface area contributed by atoms with Crippen LogP contribution in [-0.4, -0.2) is 74.9 Å². The maximum absolute atomic E-state index is 12.8. The first-order chi connectivity index (χ1) is 39.0. The number of quaternary nitrogens is 1. The first-order valence-corrected chi connectivity index (χ1v) is 34.8. The Labute approximate surface area is 494 Å². The second kappa shape index (κ2) is 60.8. The largest absolute Gasteiger partial charge is 0.472 e. The van der Waals surface area contributed by atoms with Crippen LogP contribution in [0, 0.1) is 0 Å². The average molecular weight is 1140 g/mol. The van der Waals surface area contributed by atoms with Gasteiger partial charge in [-0.05, 0) is 89.9 Å². The number of carbonyl (C=O) groups excluding carboxylic acids is 2. The van der Waals surface area contributed by atoms with Crippen LogP contribution in [0.1, 0.15) is 296 Å². The van der Waals surface area contributed by atoms with Crippen molar-refractivity contribution in [3.63, 3.8) is 0 Å². The number of likely N-dealkylation sites (N-methyl/N-ethyl adjacent to an activating group) is 1. The predicted octanol–water partition coefficient (Wildman–Crippen LogP) is 21.4. The fourth-order valence-corrected chi connectivity index (χ4v) is 10.1. The highest BCUT2D eigenvalue weighted by atomic mass is 31.2. The summed E-state index contributed by atoms with van der Waals surface area (Å²) in [6, 6.07) is 0. The molecular formula is C70H127NO8P+. The Morgan fingerprint density at radius 1 is 0.400 bits per heavy atom. The number of rotatable bonds is 61. The van der Waals surface area contributed by atoms with Gasteiger partial charge in [-0.25, -0.2) is 4.57 Å². The number of hydrogen-bond donors (Lipinski definition) is 1. The minimum absolute atomic E-state index is 0.0257. The Morgan fingerprint density at radius 2 is 0.713 bits per heavy atom. The summed E-state index contributed by atoms with van der Waals surface area (Å²) in [5.41, 5.74) is 0. The first-order valence-electron chi connectivity index (χ1n) is 33.3. The highest BCUT2D eigenvalue weighted by molar-refractivity contribution is 7.47. The van der Waals surface area contributed by atoms with Gasteiger partial charge < -0.3 is 18.9 Å². The van der Waals surface area contributed by atoms with Crippen LogP contribution in [0.3, 0.4) is 0 Å². The van der Waals surface area contributed by atoms with Crippen molar-refractivity contribution in [3.8, 4) is 0 Å². The van der Waals surface area contributed by atoms with Gasteiger partial charge in [0.1, 0.15) is 19.8 Å². The summed E-state index contributed by atoms with van der Waals surface area (Å²) in [7, 11) is 1.47. The number of unbranched alkanes of at least 4 members (excludes halogenated alkanes) is 33. The summed E-state index contributed by atoms with van der Waals surface area (Å²) in [4.78, 5) is 35.8. The number of phosphoric acid groups is 1.